The highest BCUT2D eigenvalue weighted by atomic mass is 16.5. The number of carbonyl (C=O) groups excluding carboxylic acids is 1. The first kappa shape index (κ1) is 9.96. The van der Waals surface area contributed by atoms with Gasteiger partial charge in [0.25, 0.3) is 0 Å². The van der Waals surface area contributed by atoms with Crippen molar-refractivity contribution in [1.29, 1.82) is 0 Å². The van der Waals surface area contributed by atoms with E-state index in [9.17, 15) is 4.79 Å². The molecular weight excluding hydrogens is 142 g/mol. The summed E-state index contributed by atoms with van der Waals surface area (Å²) in [6, 6.07) is -0.688. The van der Waals surface area contributed by atoms with Gasteiger partial charge in [0.15, 0.2) is 0 Å². The first-order valence-electron chi connectivity index (χ1n) is 3.38. The van der Waals surface area contributed by atoms with E-state index in [-0.39, 0.29) is 5.41 Å². The van der Waals surface area contributed by atoms with Gasteiger partial charge < -0.3 is 9.58 Å². The highest BCUT2D eigenvalue weighted by molar-refractivity contribution is 5.78. The van der Waals surface area contributed by atoms with Crippen LogP contribution in [0.5, 0.6) is 0 Å². The van der Waals surface area contributed by atoms with Crippen LogP contribution in [-0.4, -0.2) is 19.1 Å². The van der Waals surface area contributed by atoms with Gasteiger partial charge in [0.2, 0.25) is 0 Å². The molecule has 0 aliphatic carbocycles. The molecule has 0 aromatic carbocycles. The molecule has 0 aliphatic heterocycles. The van der Waals surface area contributed by atoms with Crippen LogP contribution in [0.3, 0.4) is 0 Å². The van der Waals surface area contributed by atoms with Crippen molar-refractivity contribution in [2.45, 2.75) is 26.8 Å². The van der Waals surface area contributed by atoms with Crippen LogP contribution >= 0.6 is 0 Å². The number of hydrogen-bond acceptors (Lipinski definition) is 2. The van der Waals surface area contributed by atoms with E-state index in [0.29, 0.717) is 0 Å². The summed E-state index contributed by atoms with van der Waals surface area (Å²) in [6.07, 6.45) is 0. The molecule has 0 spiro atoms. The Morgan fingerprint density at radius 1 is 1.55 bits per heavy atom. The monoisotopic (exact) mass is 155 g/mol. The number of methoxy groups -OCH3 is 1. The topological polar surface area (TPSA) is 30.7 Å². The minimum atomic E-state index is -0.688. The molecule has 0 fully saturated rings. The first-order chi connectivity index (χ1) is 4.93. The van der Waals surface area contributed by atoms with E-state index in [0.717, 1.165) is 0 Å². The first-order valence-corrected chi connectivity index (χ1v) is 3.38. The maximum absolute atomic E-state index is 11.0. The van der Waals surface area contributed by atoms with Crippen molar-refractivity contribution in [2.24, 2.45) is 5.41 Å². The number of ether oxygens (including phenoxy) is 1. The van der Waals surface area contributed by atoms with Crippen LogP contribution in [-0.2, 0) is 9.53 Å². The molecule has 0 radical (unpaired) electrons. The van der Waals surface area contributed by atoms with Crippen molar-refractivity contribution >= 4 is 5.97 Å². The molecule has 0 N–H and O–H groups in total. The second-order valence-electron chi connectivity index (χ2n) is 3.42. The van der Waals surface area contributed by atoms with Crippen molar-refractivity contribution in [3.05, 3.63) is 11.4 Å². The van der Waals surface area contributed by atoms with Gasteiger partial charge in [-0.25, -0.2) is 11.4 Å². The summed E-state index contributed by atoms with van der Waals surface area (Å²) < 4.78 is 4.48. The Labute approximate surface area is 67.2 Å². The third-order valence-corrected chi connectivity index (χ3v) is 1.37. The number of carbonyl (C=O) groups is 1. The van der Waals surface area contributed by atoms with Crippen molar-refractivity contribution < 1.29 is 9.53 Å². The number of rotatable bonds is 1. The zero-order chi connectivity index (χ0) is 9.07. The number of hydrogen-bond donors (Lipinski definition) is 0. The van der Waals surface area contributed by atoms with Gasteiger partial charge in [-0.1, -0.05) is 20.8 Å². The molecule has 0 aromatic rings. The van der Waals surface area contributed by atoms with E-state index in [1.54, 1.807) is 0 Å². The van der Waals surface area contributed by atoms with E-state index in [1.165, 1.54) is 7.11 Å². The van der Waals surface area contributed by atoms with Crippen LogP contribution in [0.15, 0.2) is 0 Å². The molecule has 3 nitrogen and oxygen atoms in total. The molecule has 0 aromatic heterocycles. The third kappa shape index (κ3) is 2.58. The van der Waals surface area contributed by atoms with E-state index in [1.807, 2.05) is 20.8 Å². The predicted molar refractivity (Wildman–Crippen MR) is 41.9 cm³/mol. The van der Waals surface area contributed by atoms with Crippen LogP contribution in [0.2, 0.25) is 0 Å². The fraction of sp³-hybridized carbons (Fsp3) is 0.750. The average Bonchev–Trinajstić information content (AvgIpc) is 1.86. The molecule has 62 valence electrons. The Hall–Kier alpha value is -1.04. The second-order valence-corrected chi connectivity index (χ2v) is 3.42. The average molecular weight is 155 g/mol. The minimum absolute atomic E-state index is 0.338. The molecule has 1 atom stereocenters. The Balaban J connectivity index is 4.45. The molecule has 0 heterocycles. The fourth-order valence-electron chi connectivity index (χ4n) is 0.712. The van der Waals surface area contributed by atoms with Crippen LogP contribution < -0.4 is 0 Å². The summed E-state index contributed by atoms with van der Waals surface area (Å²) >= 11 is 0. The lowest BCUT2D eigenvalue weighted by Gasteiger charge is -2.17. The van der Waals surface area contributed by atoms with E-state index >= 15 is 0 Å². The van der Waals surface area contributed by atoms with Crippen molar-refractivity contribution in [2.75, 3.05) is 7.11 Å². The Morgan fingerprint density at radius 2 is 2.00 bits per heavy atom. The largest absolute Gasteiger partial charge is 0.463 e. The van der Waals surface area contributed by atoms with Gasteiger partial charge in [0, 0.05) is 5.41 Å². The Kier molecular flexibility index (Phi) is 3.06. The molecule has 0 saturated heterocycles. The summed E-state index contributed by atoms with van der Waals surface area (Å²) in [5.74, 6) is -0.451. The molecule has 0 bridgehead atoms. The molecule has 0 rings (SSSR count). The highest BCUT2D eigenvalue weighted by Crippen LogP contribution is 2.22. The van der Waals surface area contributed by atoms with E-state index < -0.39 is 12.0 Å². The maximum Gasteiger partial charge on any atom is 0.390 e. The predicted octanol–water partition coefficient (Wildman–Crippen LogP) is 1.49. The van der Waals surface area contributed by atoms with Crippen LogP contribution in [0, 0.1) is 12.0 Å². The third-order valence-electron chi connectivity index (χ3n) is 1.37. The summed E-state index contributed by atoms with van der Waals surface area (Å²) in [5.41, 5.74) is -0.338. The van der Waals surface area contributed by atoms with Gasteiger partial charge in [-0.05, 0) is 0 Å². The van der Waals surface area contributed by atoms with Gasteiger partial charge in [-0.2, -0.15) is 0 Å². The van der Waals surface area contributed by atoms with Gasteiger partial charge in [0.05, 0.1) is 7.11 Å². The number of esters is 1. The lowest BCUT2D eigenvalue weighted by atomic mass is 9.87. The molecule has 1 unspecified atom stereocenters. The Morgan fingerprint density at radius 3 is 2.09 bits per heavy atom. The lowest BCUT2D eigenvalue weighted by Crippen LogP contribution is -2.32. The SMILES string of the molecule is [C-]#[N+]C(C(=O)OC)C(C)(C)C. The van der Waals surface area contributed by atoms with Gasteiger partial charge in [0.1, 0.15) is 0 Å². The minimum Gasteiger partial charge on any atom is -0.463 e. The molecule has 3 heteroatoms. The normalized spacial score (nSPS) is 13.4. The lowest BCUT2D eigenvalue weighted by molar-refractivity contribution is -0.143. The standard InChI is InChI=1S/C8H13NO2/c1-8(2,3)6(9-4)7(10)11-5/h6H,1-3,5H3. The molecule has 0 aliphatic rings. The Bertz CT molecular complexity index is 185. The van der Waals surface area contributed by atoms with E-state index in [4.69, 9.17) is 6.57 Å². The highest BCUT2D eigenvalue weighted by Gasteiger charge is 2.37. The van der Waals surface area contributed by atoms with Crippen LogP contribution in [0.4, 0.5) is 0 Å². The smallest absolute Gasteiger partial charge is 0.390 e. The van der Waals surface area contributed by atoms with Gasteiger partial charge in [-0.15, -0.1) is 0 Å². The quantitative estimate of drug-likeness (QED) is 0.424. The van der Waals surface area contributed by atoms with E-state index in [2.05, 4.69) is 9.58 Å². The van der Waals surface area contributed by atoms with Crippen LogP contribution in [0.25, 0.3) is 4.85 Å². The molecule has 11 heavy (non-hydrogen) atoms. The molecular formula is C8H13NO2. The summed E-state index contributed by atoms with van der Waals surface area (Å²) in [7, 11) is 1.30. The van der Waals surface area contributed by atoms with Gasteiger partial charge in [-0.3, -0.25) is 0 Å². The fourth-order valence-corrected chi connectivity index (χ4v) is 0.712. The van der Waals surface area contributed by atoms with Crippen LogP contribution in [0.1, 0.15) is 20.8 Å². The molecule has 0 amide bonds. The molecule has 0 saturated carbocycles. The summed E-state index contributed by atoms with van der Waals surface area (Å²) in [4.78, 5) is 14.2. The maximum atomic E-state index is 11.0. The van der Waals surface area contributed by atoms with Gasteiger partial charge >= 0.3 is 12.0 Å². The van der Waals surface area contributed by atoms with Crippen molar-refractivity contribution in [1.82, 2.24) is 0 Å². The van der Waals surface area contributed by atoms with Crippen molar-refractivity contribution in [3.63, 3.8) is 0 Å². The second kappa shape index (κ2) is 3.38. The zero-order valence-corrected chi connectivity index (χ0v) is 7.34. The summed E-state index contributed by atoms with van der Waals surface area (Å²) in [6.45, 7) is 12.3. The number of nitrogens with zero attached hydrogens (tertiary/aromatic N) is 1. The van der Waals surface area contributed by atoms with Crippen molar-refractivity contribution in [3.8, 4) is 0 Å². The summed E-state index contributed by atoms with van der Waals surface area (Å²) in [5, 5.41) is 0. The zero-order valence-electron chi connectivity index (χ0n) is 7.34.